The third kappa shape index (κ3) is 6.04. The van der Waals surface area contributed by atoms with Crippen molar-refractivity contribution in [1.82, 2.24) is 14.8 Å². The number of hydrogen-bond acceptors (Lipinski definition) is 7. The number of nitrogens with zero attached hydrogens (tertiary/aromatic N) is 5. The number of hydrogen-bond donors (Lipinski definition) is 0. The Morgan fingerprint density at radius 3 is 2.45 bits per heavy atom. The van der Waals surface area contributed by atoms with Crippen molar-refractivity contribution in [3.05, 3.63) is 46.3 Å². The highest BCUT2D eigenvalue weighted by Crippen LogP contribution is 2.39. The molecule has 7 heteroatoms. The maximum absolute atomic E-state index is 9.99. The van der Waals surface area contributed by atoms with Gasteiger partial charge in [-0.2, -0.15) is 10.5 Å². The summed E-state index contributed by atoms with van der Waals surface area (Å²) in [6.07, 6.45) is 1.94. The molecule has 6 nitrogen and oxygen atoms in total. The second kappa shape index (κ2) is 11.2. The van der Waals surface area contributed by atoms with Gasteiger partial charge in [-0.15, -0.1) is 11.3 Å². The minimum Gasteiger partial charge on any atom is -0.476 e. The van der Waals surface area contributed by atoms with Gasteiger partial charge in [0, 0.05) is 43.7 Å². The zero-order valence-corrected chi connectivity index (χ0v) is 19.3. The van der Waals surface area contributed by atoms with Crippen molar-refractivity contribution in [3.8, 4) is 18.0 Å². The van der Waals surface area contributed by atoms with Gasteiger partial charge < -0.3 is 9.64 Å². The summed E-state index contributed by atoms with van der Waals surface area (Å²) in [5, 5.41) is 21.0. The number of thiophene rings is 1. The van der Waals surface area contributed by atoms with E-state index in [4.69, 9.17) is 10.00 Å². The van der Waals surface area contributed by atoms with Gasteiger partial charge >= 0.3 is 0 Å². The second-order valence-corrected chi connectivity index (χ2v) is 9.27. The molecule has 0 bridgehead atoms. The summed E-state index contributed by atoms with van der Waals surface area (Å²) < 4.78 is 5.70. The largest absolute Gasteiger partial charge is 0.476 e. The first kappa shape index (κ1) is 23.2. The Labute approximate surface area is 189 Å². The molecule has 0 amide bonds. The van der Waals surface area contributed by atoms with Gasteiger partial charge in [0.25, 0.3) is 0 Å². The van der Waals surface area contributed by atoms with Crippen LogP contribution in [0.1, 0.15) is 37.3 Å². The summed E-state index contributed by atoms with van der Waals surface area (Å²) in [4.78, 5) is 10.3. The number of ether oxygens (including phenoxy) is 1. The maximum atomic E-state index is 9.99. The highest BCUT2D eigenvalue weighted by molar-refractivity contribution is 7.10. The van der Waals surface area contributed by atoms with Crippen LogP contribution in [0.15, 0.2) is 35.7 Å². The Hall–Kier alpha value is -2.45. The van der Waals surface area contributed by atoms with Crippen LogP contribution in [0.3, 0.4) is 0 Å². The molecule has 3 rings (SSSR count). The summed E-state index contributed by atoms with van der Waals surface area (Å²) in [6.45, 7) is 10.9. The van der Waals surface area contributed by atoms with Gasteiger partial charge in [-0.05, 0) is 42.8 Å². The average molecular weight is 438 g/mol. The summed E-state index contributed by atoms with van der Waals surface area (Å²) in [5.74, 6) is 0.811. The first-order valence-corrected chi connectivity index (χ1v) is 11.9. The van der Waals surface area contributed by atoms with Crippen molar-refractivity contribution >= 4 is 11.3 Å². The predicted octanol–water partition coefficient (Wildman–Crippen LogP) is 3.91. The van der Waals surface area contributed by atoms with Gasteiger partial charge in [0.15, 0.2) is 0 Å². The van der Waals surface area contributed by atoms with Crippen molar-refractivity contribution in [2.75, 3.05) is 45.9 Å². The molecular weight excluding hydrogens is 406 g/mol. The molecule has 1 aliphatic heterocycles. The van der Waals surface area contributed by atoms with E-state index in [0.29, 0.717) is 24.1 Å². The minimum absolute atomic E-state index is 0.302. The number of aromatic nitrogens is 1. The molecule has 1 fully saturated rings. The third-order valence-corrected chi connectivity index (χ3v) is 7.20. The third-order valence-electron chi connectivity index (χ3n) is 6.15. The maximum Gasteiger partial charge on any atom is 0.214 e. The molecular formula is C24H31N5OS. The minimum atomic E-state index is -0.371. The van der Waals surface area contributed by atoms with Crippen molar-refractivity contribution in [3.63, 3.8) is 0 Å². The van der Waals surface area contributed by atoms with E-state index in [1.54, 1.807) is 29.5 Å². The zero-order valence-electron chi connectivity index (χ0n) is 18.5. The molecule has 0 spiro atoms. The number of pyridine rings is 1. The standard InChI is InChI=1S/C24H31N5OS/c1-20(2)24(19-26,22-7-4-17-31-22)9-5-10-28-11-13-29(14-12-28)15-16-30-23-8-3-6-21(18-25)27-23/h3-4,6-8,17,20H,5,9-16H2,1-2H3. The van der Waals surface area contributed by atoms with Gasteiger partial charge in [0.2, 0.25) is 5.88 Å². The number of nitriles is 2. The molecule has 0 N–H and O–H groups in total. The van der Waals surface area contributed by atoms with Crippen molar-refractivity contribution < 1.29 is 4.74 Å². The van der Waals surface area contributed by atoms with E-state index in [2.05, 4.69) is 46.1 Å². The fourth-order valence-corrected chi connectivity index (χ4v) is 5.18. The van der Waals surface area contributed by atoms with E-state index in [1.807, 2.05) is 12.1 Å². The molecule has 1 unspecified atom stereocenters. The first-order chi connectivity index (χ1) is 15.1. The molecule has 164 valence electrons. The van der Waals surface area contributed by atoms with Crippen LogP contribution in [0.5, 0.6) is 5.88 Å². The lowest BCUT2D eigenvalue weighted by molar-refractivity contribution is 0.113. The molecule has 1 saturated heterocycles. The average Bonchev–Trinajstić information content (AvgIpc) is 3.33. The normalized spacial score (nSPS) is 17.1. The van der Waals surface area contributed by atoms with Crippen molar-refractivity contribution in [1.29, 1.82) is 10.5 Å². The fraction of sp³-hybridized carbons (Fsp3) is 0.542. The van der Waals surface area contributed by atoms with Crippen LogP contribution in [-0.2, 0) is 5.41 Å². The quantitative estimate of drug-likeness (QED) is 0.561. The van der Waals surface area contributed by atoms with Crippen LogP contribution in [0, 0.1) is 28.6 Å². The fourth-order valence-electron chi connectivity index (χ4n) is 4.12. The SMILES string of the molecule is CC(C)C(C#N)(CCCN1CCN(CCOc2cccc(C#N)n2)CC1)c1cccs1. The van der Waals surface area contributed by atoms with E-state index in [1.165, 1.54) is 4.88 Å². The van der Waals surface area contributed by atoms with Gasteiger partial charge in [0.1, 0.15) is 18.4 Å². The molecule has 2 aromatic heterocycles. The van der Waals surface area contributed by atoms with Crippen LogP contribution >= 0.6 is 11.3 Å². The highest BCUT2D eigenvalue weighted by atomic mass is 32.1. The molecule has 0 radical (unpaired) electrons. The van der Waals surface area contributed by atoms with E-state index in [-0.39, 0.29) is 5.41 Å². The molecule has 1 atom stereocenters. The summed E-state index contributed by atoms with van der Waals surface area (Å²) in [7, 11) is 0. The first-order valence-electron chi connectivity index (χ1n) is 11.0. The van der Waals surface area contributed by atoms with Crippen molar-refractivity contribution in [2.45, 2.75) is 32.1 Å². The Bertz CT molecular complexity index is 893. The van der Waals surface area contributed by atoms with Crippen LogP contribution < -0.4 is 4.74 Å². The summed E-state index contributed by atoms with van der Waals surface area (Å²) >= 11 is 1.70. The molecule has 0 aliphatic carbocycles. The van der Waals surface area contributed by atoms with Gasteiger partial charge in [-0.1, -0.05) is 26.0 Å². The lowest BCUT2D eigenvalue weighted by Gasteiger charge is -2.35. The van der Waals surface area contributed by atoms with E-state index < -0.39 is 0 Å². The van der Waals surface area contributed by atoms with Crippen LogP contribution in [-0.4, -0.2) is 60.7 Å². The monoisotopic (exact) mass is 437 g/mol. The van der Waals surface area contributed by atoms with E-state index in [9.17, 15) is 5.26 Å². The predicted molar refractivity (Wildman–Crippen MR) is 123 cm³/mol. The number of rotatable bonds is 10. The molecule has 3 heterocycles. The Kier molecular flexibility index (Phi) is 8.43. The van der Waals surface area contributed by atoms with E-state index in [0.717, 1.165) is 52.1 Å². The highest BCUT2D eigenvalue weighted by Gasteiger charge is 2.36. The lowest BCUT2D eigenvalue weighted by atomic mass is 9.73. The molecule has 0 aromatic carbocycles. The number of piperazine rings is 1. The molecule has 1 aliphatic rings. The van der Waals surface area contributed by atoms with E-state index >= 15 is 0 Å². The summed E-state index contributed by atoms with van der Waals surface area (Å²) in [6, 6.07) is 14.1. The van der Waals surface area contributed by atoms with Crippen LogP contribution in [0.2, 0.25) is 0 Å². The lowest BCUT2D eigenvalue weighted by Crippen LogP contribution is -2.47. The van der Waals surface area contributed by atoms with Crippen LogP contribution in [0.25, 0.3) is 0 Å². The molecule has 0 saturated carbocycles. The van der Waals surface area contributed by atoms with Gasteiger partial charge in [-0.25, -0.2) is 4.98 Å². The molecule has 31 heavy (non-hydrogen) atoms. The smallest absolute Gasteiger partial charge is 0.214 e. The van der Waals surface area contributed by atoms with Gasteiger partial charge in [-0.3, -0.25) is 4.90 Å². The Morgan fingerprint density at radius 2 is 1.84 bits per heavy atom. The molecule has 2 aromatic rings. The van der Waals surface area contributed by atoms with Gasteiger partial charge in [0.05, 0.1) is 11.5 Å². The van der Waals surface area contributed by atoms with Crippen LogP contribution in [0.4, 0.5) is 0 Å². The Morgan fingerprint density at radius 1 is 1.10 bits per heavy atom. The second-order valence-electron chi connectivity index (χ2n) is 8.32. The van der Waals surface area contributed by atoms with Crippen molar-refractivity contribution in [2.24, 2.45) is 5.92 Å². The summed E-state index contributed by atoms with van der Waals surface area (Å²) in [5.41, 5.74) is 0.00703. The topological polar surface area (TPSA) is 76.2 Å². The Balaban J connectivity index is 1.38. The zero-order chi connectivity index (χ0) is 22.1.